The zero-order valence-corrected chi connectivity index (χ0v) is 10.6. The van der Waals surface area contributed by atoms with E-state index in [2.05, 4.69) is 10.6 Å². The SMILES string of the molecule is N#CCNC(=O)CN1C(=O)NC(=O)C12CCCCC2. The van der Waals surface area contributed by atoms with E-state index >= 15 is 0 Å². The number of urea groups is 1. The summed E-state index contributed by atoms with van der Waals surface area (Å²) in [5.74, 6) is -0.721. The van der Waals surface area contributed by atoms with Crippen molar-refractivity contribution in [2.24, 2.45) is 0 Å². The second-order valence-electron chi connectivity index (χ2n) is 4.87. The smallest absolute Gasteiger partial charge is 0.325 e. The van der Waals surface area contributed by atoms with Gasteiger partial charge in [0.25, 0.3) is 5.91 Å². The van der Waals surface area contributed by atoms with Crippen molar-refractivity contribution in [2.45, 2.75) is 37.6 Å². The highest BCUT2D eigenvalue weighted by Gasteiger charge is 2.53. The molecule has 4 amide bonds. The maximum Gasteiger partial charge on any atom is 0.325 e. The molecule has 102 valence electrons. The Morgan fingerprint density at radius 2 is 2.05 bits per heavy atom. The molecule has 0 aromatic heterocycles. The lowest BCUT2D eigenvalue weighted by Gasteiger charge is -2.37. The molecule has 2 fully saturated rings. The van der Waals surface area contributed by atoms with Gasteiger partial charge in [0.1, 0.15) is 18.6 Å². The van der Waals surface area contributed by atoms with Crippen molar-refractivity contribution in [1.82, 2.24) is 15.5 Å². The number of rotatable bonds is 3. The molecule has 1 aliphatic heterocycles. The summed E-state index contributed by atoms with van der Waals surface area (Å²) >= 11 is 0. The van der Waals surface area contributed by atoms with Crippen molar-refractivity contribution in [2.75, 3.05) is 13.1 Å². The van der Waals surface area contributed by atoms with Gasteiger partial charge in [0.2, 0.25) is 5.91 Å². The molecule has 1 spiro atoms. The van der Waals surface area contributed by atoms with Crippen molar-refractivity contribution in [3.63, 3.8) is 0 Å². The monoisotopic (exact) mass is 264 g/mol. The quantitative estimate of drug-likeness (QED) is 0.548. The summed E-state index contributed by atoms with van der Waals surface area (Å²) in [4.78, 5) is 36.8. The molecule has 0 radical (unpaired) electrons. The van der Waals surface area contributed by atoms with Gasteiger partial charge in [-0.2, -0.15) is 5.26 Å². The lowest BCUT2D eigenvalue weighted by atomic mass is 9.80. The highest BCUT2D eigenvalue weighted by Crippen LogP contribution is 2.36. The Hall–Kier alpha value is -2.10. The van der Waals surface area contributed by atoms with E-state index in [-0.39, 0.29) is 19.0 Å². The molecule has 0 bridgehead atoms. The lowest BCUT2D eigenvalue weighted by molar-refractivity contribution is -0.130. The van der Waals surface area contributed by atoms with Crippen LogP contribution in [0.15, 0.2) is 0 Å². The van der Waals surface area contributed by atoms with Crippen LogP contribution in [0.25, 0.3) is 0 Å². The molecule has 7 nitrogen and oxygen atoms in total. The number of carbonyl (C=O) groups excluding carboxylic acids is 3. The third kappa shape index (κ3) is 2.38. The predicted octanol–water partition coefficient (Wildman–Crippen LogP) is -0.119. The van der Waals surface area contributed by atoms with E-state index in [1.54, 1.807) is 6.07 Å². The van der Waals surface area contributed by atoms with Crippen LogP contribution >= 0.6 is 0 Å². The average molecular weight is 264 g/mol. The van der Waals surface area contributed by atoms with Gasteiger partial charge in [-0.1, -0.05) is 19.3 Å². The zero-order chi connectivity index (χ0) is 13.9. The number of nitriles is 1. The molecule has 1 saturated heterocycles. The Morgan fingerprint density at radius 1 is 1.37 bits per heavy atom. The molecule has 19 heavy (non-hydrogen) atoms. The molecule has 1 saturated carbocycles. The minimum absolute atomic E-state index is 0.102. The Kier molecular flexibility index (Phi) is 3.69. The van der Waals surface area contributed by atoms with Crippen LogP contribution in [-0.2, 0) is 9.59 Å². The molecule has 0 unspecified atom stereocenters. The van der Waals surface area contributed by atoms with Crippen LogP contribution in [0, 0.1) is 11.3 Å². The molecule has 0 aromatic carbocycles. The van der Waals surface area contributed by atoms with Crippen molar-refractivity contribution >= 4 is 17.8 Å². The Morgan fingerprint density at radius 3 is 2.68 bits per heavy atom. The van der Waals surface area contributed by atoms with Crippen LogP contribution in [0.4, 0.5) is 4.79 Å². The van der Waals surface area contributed by atoms with Gasteiger partial charge in [-0.25, -0.2) is 4.79 Å². The van der Waals surface area contributed by atoms with E-state index in [0.717, 1.165) is 19.3 Å². The van der Waals surface area contributed by atoms with Crippen LogP contribution in [0.2, 0.25) is 0 Å². The fourth-order valence-corrected chi connectivity index (χ4v) is 2.79. The Labute approximate surface area is 110 Å². The van der Waals surface area contributed by atoms with Crippen LogP contribution in [0.3, 0.4) is 0 Å². The highest BCUT2D eigenvalue weighted by molar-refractivity contribution is 6.08. The second kappa shape index (κ2) is 5.26. The van der Waals surface area contributed by atoms with E-state index in [9.17, 15) is 14.4 Å². The topological polar surface area (TPSA) is 102 Å². The maximum atomic E-state index is 12.0. The first-order chi connectivity index (χ1) is 9.10. The molecular weight excluding hydrogens is 248 g/mol. The minimum Gasteiger partial charge on any atom is -0.341 e. The first-order valence-corrected chi connectivity index (χ1v) is 6.37. The molecule has 2 N–H and O–H groups in total. The van der Waals surface area contributed by atoms with Crippen LogP contribution in [0.1, 0.15) is 32.1 Å². The fourth-order valence-electron chi connectivity index (χ4n) is 2.79. The highest BCUT2D eigenvalue weighted by atomic mass is 16.2. The summed E-state index contributed by atoms with van der Waals surface area (Å²) in [5, 5.41) is 13.1. The van der Waals surface area contributed by atoms with E-state index in [1.165, 1.54) is 4.90 Å². The molecule has 0 aromatic rings. The van der Waals surface area contributed by atoms with Gasteiger partial charge in [0.15, 0.2) is 0 Å². The van der Waals surface area contributed by atoms with Gasteiger partial charge in [-0.15, -0.1) is 0 Å². The third-order valence-electron chi connectivity index (χ3n) is 3.75. The minimum atomic E-state index is -0.862. The summed E-state index contributed by atoms with van der Waals surface area (Å²) in [6.07, 6.45) is 3.97. The summed E-state index contributed by atoms with van der Waals surface area (Å²) in [6, 6.07) is 1.28. The zero-order valence-electron chi connectivity index (χ0n) is 10.6. The second-order valence-corrected chi connectivity index (χ2v) is 4.87. The molecule has 0 atom stereocenters. The number of imide groups is 1. The molecule has 2 aliphatic rings. The summed E-state index contributed by atoms with van der Waals surface area (Å²) in [5.41, 5.74) is -0.862. The molecule has 2 rings (SSSR count). The van der Waals surface area contributed by atoms with Crippen molar-refractivity contribution in [1.29, 1.82) is 5.26 Å². The maximum absolute atomic E-state index is 12.0. The molecular formula is C12H16N4O3. The van der Waals surface area contributed by atoms with E-state index < -0.39 is 17.5 Å². The summed E-state index contributed by atoms with van der Waals surface area (Å²) in [7, 11) is 0. The standard InChI is InChI=1S/C12H16N4O3/c13-6-7-14-9(17)8-16-11(19)15-10(18)12(16)4-2-1-3-5-12/h1-5,7-8H2,(H,14,17)(H,15,18,19). The van der Waals surface area contributed by atoms with Gasteiger partial charge in [-0.05, 0) is 12.8 Å². The normalized spacial score (nSPS) is 21.1. The third-order valence-corrected chi connectivity index (χ3v) is 3.75. The van der Waals surface area contributed by atoms with Crippen LogP contribution in [0.5, 0.6) is 0 Å². The van der Waals surface area contributed by atoms with E-state index in [1.807, 2.05) is 0 Å². The number of hydrogen-bond donors (Lipinski definition) is 2. The number of amides is 4. The summed E-state index contributed by atoms with van der Waals surface area (Å²) < 4.78 is 0. The van der Waals surface area contributed by atoms with Gasteiger partial charge >= 0.3 is 6.03 Å². The fraction of sp³-hybridized carbons (Fsp3) is 0.667. The number of hydrogen-bond acceptors (Lipinski definition) is 4. The number of carbonyl (C=O) groups is 3. The molecule has 1 aliphatic carbocycles. The van der Waals surface area contributed by atoms with Gasteiger partial charge in [0, 0.05) is 0 Å². The largest absolute Gasteiger partial charge is 0.341 e. The first kappa shape index (κ1) is 13.3. The Balaban J connectivity index is 2.12. The van der Waals surface area contributed by atoms with Gasteiger partial charge in [0.05, 0.1) is 6.07 Å². The van der Waals surface area contributed by atoms with E-state index in [4.69, 9.17) is 5.26 Å². The average Bonchev–Trinajstić information content (AvgIpc) is 2.62. The number of nitrogens with one attached hydrogen (secondary N) is 2. The predicted molar refractivity (Wildman–Crippen MR) is 64.7 cm³/mol. The van der Waals surface area contributed by atoms with Crippen molar-refractivity contribution < 1.29 is 14.4 Å². The Bertz CT molecular complexity index is 448. The summed E-state index contributed by atoms with van der Waals surface area (Å²) in [6.45, 7) is -0.283. The van der Waals surface area contributed by atoms with Crippen molar-refractivity contribution in [3.8, 4) is 6.07 Å². The van der Waals surface area contributed by atoms with Crippen LogP contribution < -0.4 is 10.6 Å². The molecule has 1 heterocycles. The van der Waals surface area contributed by atoms with Gasteiger partial charge < -0.3 is 10.2 Å². The van der Waals surface area contributed by atoms with Crippen LogP contribution in [-0.4, -0.2) is 41.4 Å². The lowest BCUT2D eigenvalue weighted by Crippen LogP contribution is -2.53. The molecule has 7 heteroatoms. The van der Waals surface area contributed by atoms with Crippen molar-refractivity contribution in [3.05, 3.63) is 0 Å². The number of nitrogens with zero attached hydrogens (tertiary/aromatic N) is 2. The first-order valence-electron chi connectivity index (χ1n) is 6.37. The van der Waals surface area contributed by atoms with Gasteiger partial charge in [-0.3, -0.25) is 14.9 Å². The van der Waals surface area contributed by atoms with E-state index in [0.29, 0.717) is 12.8 Å².